The summed E-state index contributed by atoms with van der Waals surface area (Å²) in [6.45, 7) is 1.95. The molecule has 0 aromatic heterocycles. The Kier molecular flexibility index (Phi) is 3.59. The van der Waals surface area contributed by atoms with E-state index in [-0.39, 0.29) is 5.92 Å². The molecule has 0 bridgehead atoms. The molecule has 0 spiro atoms. The second-order valence-corrected chi connectivity index (χ2v) is 5.32. The van der Waals surface area contributed by atoms with Gasteiger partial charge in [0.2, 0.25) is 0 Å². The average Bonchev–Trinajstić information content (AvgIpc) is 2.40. The normalized spacial score (nSPS) is 26.8. The van der Waals surface area contributed by atoms with Crippen LogP contribution in [0.2, 0.25) is 0 Å². The average molecular weight is 192 g/mol. The maximum absolute atomic E-state index is 10.7. The minimum absolute atomic E-state index is 0.130. The van der Waals surface area contributed by atoms with Gasteiger partial charge in [0, 0.05) is 11.0 Å². The molecule has 11 heavy (non-hydrogen) atoms. The van der Waals surface area contributed by atoms with E-state index >= 15 is 0 Å². The van der Waals surface area contributed by atoms with Gasteiger partial charge in [-0.25, -0.2) is 0 Å². The van der Waals surface area contributed by atoms with Gasteiger partial charge in [0.15, 0.2) is 0 Å². The van der Waals surface area contributed by atoms with Crippen molar-refractivity contribution in [1.29, 1.82) is 0 Å². The lowest BCUT2D eigenvalue weighted by atomic mass is 10.0. The Morgan fingerprint density at radius 3 is 2.91 bits per heavy atom. The number of carboxylic acids is 1. The Hall–Kier alpha value is 0.170. The fraction of sp³-hybridized carbons (Fsp3) is 0.857. The van der Waals surface area contributed by atoms with Crippen LogP contribution in [0.25, 0.3) is 0 Å². The molecule has 2 unspecified atom stereocenters. The highest BCUT2D eigenvalue weighted by atomic mass is 33.1. The summed E-state index contributed by atoms with van der Waals surface area (Å²) in [5, 5.41) is 9.16. The minimum atomic E-state index is -0.632. The Bertz CT molecular complexity index is 143. The van der Waals surface area contributed by atoms with Crippen molar-refractivity contribution in [1.82, 2.24) is 0 Å². The maximum Gasteiger partial charge on any atom is 0.307 e. The van der Waals surface area contributed by atoms with Crippen LogP contribution in [0.3, 0.4) is 0 Å². The lowest BCUT2D eigenvalue weighted by Gasteiger charge is -2.14. The summed E-state index contributed by atoms with van der Waals surface area (Å²) in [7, 11) is 3.54. The minimum Gasteiger partial charge on any atom is -0.481 e. The molecule has 4 heteroatoms. The summed E-state index contributed by atoms with van der Waals surface area (Å²) in [5.41, 5.74) is 0. The molecular formula is C7H12O2S2. The fourth-order valence-corrected chi connectivity index (χ4v) is 4.43. The van der Waals surface area contributed by atoms with E-state index in [0.29, 0.717) is 5.25 Å². The van der Waals surface area contributed by atoms with Crippen LogP contribution in [-0.4, -0.2) is 22.1 Å². The van der Waals surface area contributed by atoms with Crippen molar-refractivity contribution >= 4 is 27.6 Å². The van der Waals surface area contributed by atoms with Crippen molar-refractivity contribution in [3.8, 4) is 0 Å². The van der Waals surface area contributed by atoms with Crippen molar-refractivity contribution in [2.24, 2.45) is 5.92 Å². The van der Waals surface area contributed by atoms with Gasteiger partial charge in [-0.15, -0.1) is 0 Å². The molecule has 0 aromatic rings. The Balaban J connectivity index is 2.46. The van der Waals surface area contributed by atoms with E-state index in [4.69, 9.17) is 5.11 Å². The first kappa shape index (κ1) is 9.26. The van der Waals surface area contributed by atoms with Crippen molar-refractivity contribution in [2.75, 3.05) is 5.75 Å². The zero-order valence-electron chi connectivity index (χ0n) is 6.45. The first-order valence-corrected chi connectivity index (χ1v) is 6.15. The largest absolute Gasteiger partial charge is 0.481 e. The summed E-state index contributed by atoms with van der Waals surface area (Å²) in [4.78, 5) is 10.7. The van der Waals surface area contributed by atoms with Crippen molar-refractivity contribution in [2.45, 2.75) is 25.0 Å². The Morgan fingerprint density at radius 1 is 1.82 bits per heavy atom. The van der Waals surface area contributed by atoms with Gasteiger partial charge in [0.1, 0.15) is 0 Å². The van der Waals surface area contributed by atoms with Crippen LogP contribution in [0.1, 0.15) is 19.8 Å². The molecule has 1 aliphatic heterocycles. The highest BCUT2D eigenvalue weighted by Gasteiger charge is 2.29. The molecule has 2 nitrogen and oxygen atoms in total. The molecular weight excluding hydrogens is 180 g/mol. The monoisotopic (exact) mass is 192 g/mol. The topological polar surface area (TPSA) is 37.3 Å². The van der Waals surface area contributed by atoms with Crippen LogP contribution in [0, 0.1) is 5.92 Å². The van der Waals surface area contributed by atoms with Crippen LogP contribution in [-0.2, 0) is 4.79 Å². The van der Waals surface area contributed by atoms with E-state index in [1.54, 1.807) is 21.6 Å². The number of hydrogen-bond donors (Lipinski definition) is 1. The number of carbonyl (C=O) groups is 1. The highest BCUT2D eigenvalue weighted by Crippen LogP contribution is 2.42. The van der Waals surface area contributed by atoms with E-state index in [2.05, 4.69) is 0 Å². The first-order valence-electron chi connectivity index (χ1n) is 3.76. The second-order valence-electron chi connectivity index (χ2n) is 2.60. The summed E-state index contributed by atoms with van der Waals surface area (Å²) in [6.07, 6.45) is 1.81. The first-order chi connectivity index (χ1) is 5.25. The second kappa shape index (κ2) is 4.26. The zero-order chi connectivity index (χ0) is 8.27. The maximum atomic E-state index is 10.7. The quantitative estimate of drug-likeness (QED) is 0.696. The van der Waals surface area contributed by atoms with Gasteiger partial charge < -0.3 is 5.11 Å². The van der Waals surface area contributed by atoms with Crippen molar-refractivity contribution in [3.05, 3.63) is 0 Å². The predicted octanol–water partition coefficient (Wildman–Crippen LogP) is 2.25. The molecule has 1 rings (SSSR count). The molecule has 0 radical (unpaired) electrons. The van der Waals surface area contributed by atoms with Crippen LogP contribution < -0.4 is 0 Å². The van der Waals surface area contributed by atoms with Crippen LogP contribution >= 0.6 is 21.6 Å². The third kappa shape index (κ3) is 2.30. The number of aliphatic carboxylic acids is 1. The van der Waals surface area contributed by atoms with Crippen molar-refractivity contribution in [3.63, 3.8) is 0 Å². The molecule has 2 atom stereocenters. The third-order valence-corrected chi connectivity index (χ3v) is 4.88. The predicted molar refractivity (Wildman–Crippen MR) is 49.9 cm³/mol. The van der Waals surface area contributed by atoms with Crippen LogP contribution in [0.15, 0.2) is 0 Å². The van der Waals surface area contributed by atoms with Gasteiger partial charge >= 0.3 is 5.97 Å². The van der Waals surface area contributed by atoms with Gasteiger partial charge in [-0.2, -0.15) is 0 Å². The lowest BCUT2D eigenvalue weighted by Crippen LogP contribution is -2.23. The Labute approximate surface area is 74.5 Å². The molecule has 0 aromatic carbocycles. The van der Waals surface area contributed by atoms with E-state index < -0.39 is 5.97 Å². The smallest absolute Gasteiger partial charge is 0.307 e. The summed E-state index contributed by atoms with van der Waals surface area (Å²) < 4.78 is 0. The van der Waals surface area contributed by atoms with Crippen LogP contribution in [0.4, 0.5) is 0 Å². The molecule has 1 saturated heterocycles. The molecule has 0 amide bonds. The van der Waals surface area contributed by atoms with E-state index in [0.717, 1.165) is 18.6 Å². The molecule has 64 valence electrons. The molecule has 0 saturated carbocycles. The number of hydrogen-bond acceptors (Lipinski definition) is 3. The summed E-state index contributed by atoms with van der Waals surface area (Å²) in [5.74, 6) is 0.349. The fourth-order valence-electron chi connectivity index (χ4n) is 1.21. The molecule has 1 aliphatic rings. The Morgan fingerprint density at radius 2 is 2.55 bits per heavy atom. The molecule has 0 aliphatic carbocycles. The number of carboxylic acid groups (broad SMARTS) is 1. The van der Waals surface area contributed by atoms with Gasteiger partial charge in [0.25, 0.3) is 0 Å². The van der Waals surface area contributed by atoms with Gasteiger partial charge in [0.05, 0.1) is 5.92 Å². The summed E-state index contributed by atoms with van der Waals surface area (Å²) >= 11 is 0. The van der Waals surface area contributed by atoms with E-state index in [1.165, 1.54) is 0 Å². The number of rotatable bonds is 3. The van der Waals surface area contributed by atoms with Gasteiger partial charge in [-0.05, 0) is 12.8 Å². The lowest BCUT2D eigenvalue weighted by molar-refractivity contribution is -0.141. The third-order valence-electron chi connectivity index (χ3n) is 1.88. The van der Waals surface area contributed by atoms with Crippen LogP contribution in [0.5, 0.6) is 0 Å². The van der Waals surface area contributed by atoms with Gasteiger partial charge in [-0.3, -0.25) is 4.79 Å². The zero-order valence-corrected chi connectivity index (χ0v) is 8.08. The van der Waals surface area contributed by atoms with E-state index in [9.17, 15) is 4.79 Å². The highest BCUT2D eigenvalue weighted by molar-refractivity contribution is 8.77. The van der Waals surface area contributed by atoms with Crippen molar-refractivity contribution < 1.29 is 9.90 Å². The van der Waals surface area contributed by atoms with E-state index in [1.807, 2.05) is 6.92 Å². The summed E-state index contributed by atoms with van der Waals surface area (Å²) in [6, 6.07) is 0. The van der Waals surface area contributed by atoms with Gasteiger partial charge in [-0.1, -0.05) is 28.5 Å². The standard InChI is InChI=1S/C7H12O2S2/c1-2-5(7(8)9)6-3-4-10-11-6/h5-6H,2-4H2,1H3,(H,8,9). The molecule has 1 heterocycles. The molecule has 1 fully saturated rings. The molecule has 1 N–H and O–H groups in total. The SMILES string of the molecule is CCC(C(=O)O)C1CCSS1.